The molecule has 0 spiro atoms. The fourth-order valence-corrected chi connectivity index (χ4v) is 1.70. The molecule has 0 saturated carbocycles. The average Bonchev–Trinajstić information content (AvgIpc) is 2.39. The van der Waals surface area contributed by atoms with E-state index in [1.807, 2.05) is 0 Å². The second-order valence-corrected chi connectivity index (χ2v) is 3.67. The van der Waals surface area contributed by atoms with Crippen LogP contribution in [0.3, 0.4) is 0 Å². The summed E-state index contributed by atoms with van der Waals surface area (Å²) in [5.74, 6) is 0. The van der Waals surface area contributed by atoms with Crippen molar-refractivity contribution in [3.63, 3.8) is 0 Å². The summed E-state index contributed by atoms with van der Waals surface area (Å²) in [4.78, 5) is 4.98. The highest BCUT2D eigenvalue weighted by molar-refractivity contribution is 5.06. The SMILES string of the molecule is CCC1=CCN(CC)CN(CC)C1. The molecule has 1 heterocycles. The zero-order valence-corrected chi connectivity index (χ0v) is 9.21. The van der Waals surface area contributed by atoms with Crippen LogP contribution in [0.4, 0.5) is 0 Å². The molecule has 0 saturated heterocycles. The quantitative estimate of drug-likeness (QED) is 0.615. The van der Waals surface area contributed by atoms with Crippen molar-refractivity contribution in [2.75, 3.05) is 32.8 Å². The lowest BCUT2D eigenvalue weighted by atomic mass is 10.2. The van der Waals surface area contributed by atoms with Gasteiger partial charge in [-0.25, -0.2) is 0 Å². The molecule has 0 unspecified atom stereocenters. The van der Waals surface area contributed by atoms with Crippen LogP contribution in [0.1, 0.15) is 27.2 Å². The van der Waals surface area contributed by atoms with Crippen LogP contribution in [0.5, 0.6) is 0 Å². The molecule has 0 N–H and O–H groups in total. The molecule has 0 radical (unpaired) electrons. The third kappa shape index (κ3) is 3.12. The standard InChI is InChI=1S/C11H22N2/c1-4-11-7-8-12(5-2)10-13(6-3)9-11/h7H,4-6,8-10H2,1-3H3. The minimum atomic E-state index is 1.13. The van der Waals surface area contributed by atoms with Crippen LogP contribution < -0.4 is 0 Å². The van der Waals surface area contributed by atoms with Crippen molar-refractivity contribution < 1.29 is 0 Å². The van der Waals surface area contributed by atoms with Gasteiger partial charge in [0, 0.05) is 13.1 Å². The summed E-state index contributed by atoms with van der Waals surface area (Å²) in [6, 6.07) is 0. The summed E-state index contributed by atoms with van der Waals surface area (Å²) in [7, 11) is 0. The smallest absolute Gasteiger partial charge is 0.0512 e. The Morgan fingerprint density at radius 3 is 2.38 bits per heavy atom. The van der Waals surface area contributed by atoms with Crippen LogP contribution >= 0.6 is 0 Å². The second-order valence-electron chi connectivity index (χ2n) is 3.67. The van der Waals surface area contributed by atoms with E-state index in [0.717, 1.165) is 26.3 Å². The number of hydrogen-bond acceptors (Lipinski definition) is 2. The molecule has 0 aliphatic carbocycles. The fraction of sp³-hybridized carbons (Fsp3) is 0.818. The third-order valence-electron chi connectivity index (χ3n) is 2.81. The molecule has 0 amide bonds. The van der Waals surface area contributed by atoms with Gasteiger partial charge >= 0.3 is 0 Å². The Morgan fingerprint density at radius 1 is 1.15 bits per heavy atom. The van der Waals surface area contributed by atoms with Gasteiger partial charge in [-0.3, -0.25) is 9.80 Å². The van der Waals surface area contributed by atoms with Crippen molar-refractivity contribution in [1.82, 2.24) is 9.80 Å². The topological polar surface area (TPSA) is 6.48 Å². The van der Waals surface area contributed by atoms with E-state index in [9.17, 15) is 0 Å². The average molecular weight is 182 g/mol. The molecule has 0 aromatic carbocycles. The molecular formula is C11H22N2. The molecule has 0 aromatic rings. The van der Waals surface area contributed by atoms with Gasteiger partial charge in [0.05, 0.1) is 6.67 Å². The predicted octanol–water partition coefficient (Wildman–Crippen LogP) is 1.94. The molecule has 1 rings (SSSR count). The Kier molecular flexibility index (Phi) is 4.46. The lowest BCUT2D eigenvalue weighted by Crippen LogP contribution is -2.36. The highest BCUT2D eigenvalue weighted by Gasteiger charge is 2.12. The van der Waals surface area contributed by atoms with E-state index in [0.29, 0.717) is 0 Å². The number of hydrogen-bond donors (Lipinski definition) is 0. The molecule has 1 aliphatic rings. The van der Waals surface area contributed by atoms with Gasteiger partial charge in [-0.05, 0) is 19.5 Å². The first-order chi connectivity index (χ1) is 6.30. The Bertz CT molecular complexity index is 175. The van der Waals surface area contributed by atoms with Gasteiger partial charge in [0.1, 0.15) is 0 Å². The highest BCUT2D eigenvalue weighted by Crippen LogP contribution is 2.09. The Morgan fingerprint density at radius 2 is 1.85 bits per heavy atom. The summed E-state index contributed by atoms with van der Waals surface area (Å²) in [6.45, 7) is 12.5. The van der Waals surface area contributed by atoms with E-state index in [4.69, 9.17) is 0 Å². The minimum absolute atomic E-state index is 1.13. The molecule has 1 aliphatic heterocycles. The summed E-state index contributed by atoms with van der Waals surface area (Å²) in [5.41, 5.74) is 1.60. The van der Waals surface area contributed by atoms with E-state index in [-0.39, 0.29) is 0 Å². The number of nitrogens with zero attached hydrogens (tertiary/aromatic N) is 2. The van der Waals surface area contributed by atoms with Crippen LogP contribution in [-0.2, 0) is 0 Å². The van der Waals surface area contributed by atoms with Gasteiger partial charge in [0.15, 0.2) is 0 Å². The predicted molar refractivity (Wildman–Crippen MR) is 57.7 cm³/mol. The van der Waals surface area contributed by atoms with E-state index >= 15 is 0 Å². The lowest BCUT2D eigenvalue weighted by Gasteiger charge is -2.25. The number of rotatable bonds is 3. The van der Waals surface area contributed by atoms with Crippen LogP contribution in [0.25, 0.3) is 0 Å². The molecule has 0 atom stereocenters. The maximum atomic E-state index is 2.51. The second kappa shape index (κ2) is 5.40. The van der Waals surface area contributed by atoms with Crippen LogP contribution in [0, 0.1) is 0 Å². The zero-order chi connectivity index (χ0) is 9.68. The van der Waals surface area contributed by atoms with Gasteiger partial charge in [0.25, 0.3) is 0 Å². The first-order valence-corrected chi connectivity index (χ1v) is 5.42. The molecule has 76 valence electrons. The summed E-state index contributed by atoms with van der Waals surface area (Å²) in [6.07, 6.45) is 3.60. The van der Waals surface area contributed by atoms with Gasteiger partial charge < -0.3 is 0 Å². The maximum Gasteiger partial charge on any atom is 0.0512 e. The lowest BCUT2D eigenvalue weighted by molar-refractivity contribution is 0.170. The third-order valence-corrected chi connectivity index (χ3v) is 2.81. The van der Waals surface area contributed by atoms with Crippen LogP contribution in [-0.4, -0.2) is 42.6 Å². The van der Waals surface area contributed by atoms with Crippen molar-refractivity contribution in [3.05, 3.63) is 11.6 Å². The molecule has 0 bridgehead atoms. The van der Waals surface area contributed by atoms with E-state index in [1.165, 1.54) is 13.0 Å². The molecular weight excluding hydrogens is 160 g/mol. The molecule has 2 nitrogen and oxygen atoms in total. The summed E-state index contributed by atoms with van der Waals surface area (Å²) >= 11 is 0. The summed E-state index contributed by atoms with van der Waals surface area (Å²) in [5, 5.41) is 0. The summed E-state index contributed by atoms with van der Waals surface area (Å²) < 4.78 is 0. The van der Waals surface area contributed by atoms with Crippen LogP contribution in [0.15, 0.2) is 11.6 Å². The van der Waals surface area contributed by atoms with E-state index in [2.05, 4.69) is 36.6 Å². The van der Waals surface area contributed by atoms with E-state index < -0.39 is 0 Å². The van der Waals surface area contributed by atoms with Crippen molar-refractivity contribution in [2.24, 2.45) is 0 Å². The first kappa shape index (κ1) is 10.7. The van der Waals surface area contributed by atoms with Gasteiger partial charge in [0.2, 0.25) is 0 Å². The largest absolute Gasteiger partial charge is 0.287 e. The molecule has 2 heteroatoms. The van der Waals surface area contributed by atoms with Gasteiger partial charge in [-0.15, -0.1) is 0 Å². The fourth-order valence-electron chi connectivity index (χ4n) is 1.70. The highest BCUT2D eigenvalue weighted by atomic mass is 15.3. The molecule has 13 heavy (non-hydrogen) atoms. The van der Waals surface area contributed by atoms with E-state index in [1.54, 1.807) is 5.57 Å². The number of likely N-dealkylation sites (N-methyl/N-ethyl adjacent to an activating group) is 2. The first-order valence-electron chi connectivity index (χ1n) is 5.42. The van der Waals surface area contributed by atoms with Crippen molar-refractivity contribution in [3.8, 4) is 0 Å². The Hall–Kier alpha value is -0.340. The Labute approximate surface area is 82.2 Å². The van der Waals surface area contributed by atoms with Crippen LogP contribution in [0.2, 0.25) is 0 Å². The van der Waals surface area contributed by atoms with Crippen molar-refractivity contribution in [2.45, 2.75) is 27.2 Å². The molecule has 0 fully saturated rings. The van der Waals surface area contributed by atoms with Gasteiger partial charge in [-0.1, -0.05) is 32.4 Å². The van der Waals surface area contributed by atoms with Gasteiger partial charge in [-0.2, -0.15) is 0 Å². The zero-order valence-electron chi connectivity index (χ0n) is 9.21. The molecule has 0 aromatic heterocycles. The normalized spacial score (nSPS) is 21.3. The maximum absolute atomic E-state index is 2.51. The van der Waals surface area contributed by atoms with Crippen molar-refractivity contribution >= 4 is 0 Å². The monoisotopic (exact) mass is 182 g/mol. The Balaban J connectivity index is 2.58. The van der Waals surface area contributed by atoms with Crippen molar-refractivity contribution in [1.29, 1.82) is 0 Å². The minimum Gasteiger partial charge on any atom is -0.287 e.